The first-order chi connectivity index (χ1) is 4.18. The molecule has 0 radical (unpaired) electrons. The molecule has 0 aromatic heterocycles. The van der Waals surface area contributed by atoms with Crippen molar-refractivity contribution in [3.05, 3.63) is 25.3 Å². The van der Waals surface area contributed by atoms with Crippen LogP contribution in [0, 0.1) is 5.41 Å². The average Bonchev–Trinajstić information content (AvgIpc) is 1.89. The van der Waals surface area contributed by atoms with E-state index in [4.69, 9.17) is 4.43 Å². The molecule has 0 spiro atoms. The third-order valence-corrected chi connectivity index (χ3v) is 1.68. The Hall–Kier alpha value is -0.343. The van der Waals surface area contributed by atoms with Crippen LogP contribution in [0.1, 0.15) is 6.92 Å². The van der Waals surface area contributed by atoms with Crippen LogP contribution in [-0.2, 0) is 4.43 Å². The van der Waals surface area contributed by atoms with Crippen molar-refractivity contribution in [3.8, 4) is 0 Å². The fourth-order valence-corrected chi connectivity index (χ4v) is 1.13. The maximum Gasteiger partial charge on any atom is 0.146 e. The summed E-state index contributed by atoms with van der Waals surface area (Å²) < 4.78 is 5.09. The molecule has 0 aliphatic heterocycles. The van der Waals surface area contributed by atoms with Gasteiger partial charge in [-0.3, -0.25) is 0 Å². The molecule has 0 rings (SSSR count). The van der Waals surface area contributed by atoms with E-state index in [1.54, 1.807) is 0 Å². The van der Waals surface area contributed by atoms with E-state index in [9.17, 15) is 0 Å². The SMILES string of the molecule is C=CC(C)(C=C)CO[SiH3]. The minimum Gasteiger partial charge on any atom is -0.427 e. The fraction of sp³-hybridized carbons (Fsp3) is 0.429. The fourth-order valence-electron chi connectivity index (χ4n) is 0.512. The second kappa shape index (κ2) is 3.64. The molecular formula is C7H14OSi. The van der Waals surface area contributed by atoms with Crippen LogP contribution in [0.2, 0.25) is 0 Å². The summed E-state index contributed by atoms with van der Waals surface area (Å²) in [5.74, 6) is 0. The highest BCUT2D eigenvalue weighted by atomic mass is 28.2. The van der Waals surface area contributed by atoms with Gasteiger partial charge in [0.25, 0.3) is 0 Å². The van der Waals surface area contributed by atoms with Crippen LogP contribution in [0.5, 0.6) is 0 Å². The maximum absolute atomic E-state index is 5.09. The molecule has 0 N–H and O–H groups in total. The van der Waals surface area contributed by atoms with Gasteiger partial charge in [0.05, 0.1) is 0 Å². The lowest BCUT2D eigenvalue weighted by Crippen LogP contribution is -2.16. The second-order valence-corrected chi connectivity index (χ2v) is 2.92. The van der Waals surface area contributed by atoms with E-state index in [0.29, 0.717) is 6.61 Å². The van der Waals surface area contributed by atoms with Gasteiger partial charge in [0, 0.05) is 12.0 Å². The third-order valence-electron chi connectivity index (χ3n) is 1.39. The predicted molar refractivity (Wildman–Crippen MR) is 44.4 cm³/mol. The molecule has 0 unspecified atom stereocenters. The Kier molecular flexibility index (Phi) is 3.50. The van der Waals surface area contributed by atoms with E-state index in [0.717, 1.165) is 10.5 Å². The normalized spacial score (nSPS) is 11.2. The van der Waals surface area contributed by atoms with Crippen molar-refractivity contribution in [1.29, 1.82) is 0 Å². The summed E-state index contributed by atoms with van der Waals surface area (Å²) in [5, 5.41) is 0. The molecule has 0 saturated carbocycles. The van der Waals surface area contributed by atoms with Crippen LogP contribution in [0.3, 0.4) is 0 Å². The Labute approximate surface area is 60.0 Å². The van der Waals surface area contributed by atoms with Crippen LogP contribution in [0.25, 0.3) is 0 Å². The lowest BCUT2D eigenvalue weighted by molar-refractivity contribution is 0.264. The van der Waals surface area contributed by atoms with Crippen molar-refractivity contribution in [2.45, 2.75) is 6.92 Å². The Morgan fingerprint density at radius 3 is 2.11 bits per heavy atom. The van der Waals surface area contributed by atoms with E-state index in [1.165, 1.54) is 0 Å². The Morgan fingerprint density at radius 2 is 2.00 bits per heavy atom. The van der Waals surface area contributed by atoms with E-state index in [1.807, 2.05) is 19.1 Å². The molecule has 0 bridgehead atoms. The lowest BCUT2D eigenvalue weighted by Gasteiger charge is -2.19. The van der Waals surface area contributed by atoms with Gasteiger partial charge in [-0.2, -0.15) is 0 Å². The summed E-state index contributed by atoms with van der Waals surface area (Å²) in [5.41, 5.74) is -0.0260. The monoisotopic (exact) mass is 142 g/mol. The van der Waals surface area contributed by atoms with Gasteiger partial charge >= 0.3 is 0 Å². The highest BCUT2D eigenvalue weighted by molar-refractivity contribution is 5.97. The Bertz CT molecular complexity index is 101. The van der Waals surface area contributed by atoms with E-state index >= 15 is 0 Å². The zero-order valence-corrected chi connectivity index (χ0v) is 8.18. The van der Waals surface area contributed by atoms with Crippen molar-refractivity contribution in [2.24, 2.45) is 5.41 Å². The number of hydrogen-bond acceptors (Lipinski definition) is 1. The van der Waals surface area contributed by atoms with Gasteiger partial charge in [0.1, 0.15) is 10.5 Å². The highest BCUT2D eigenvalue weighted by Gasteiger charge is 2.13. The van der Waals surface area contributed by atoms with Gasteiger partial charge in [-0.1, -0.05) is 19.1 Å². The summed E-state index contributed by atoms with van der Waals surface area (Å²) in [6.45, 7) is 10.1. The highest BCUT2D eigenvalue weighted by Crippen LogP contribution is 2.17. The minimum atomic E-state index is -0.0260. The van der Waals surface area contributed by atoms with E-state index in [2.05, 4.69) is 13.2 Å². The molecule has 1 nitrogen and oxygen atoms in total. The molecule has 0 amide bonds. The first kappa shape index (κ1) is 8.66. The molecule has 0 saturated heterocycles. The minimum absolute atomic E-state index is 0.0260. The molecule has 0 aromatic carbocycles. The summed E-state index contributed by atoms with van der Waals surface area (Å²) in [4.78, 5) is 0. The van der Waals surface area contributed by atoms with Crippen molar-refractivity contribution in [3.63, 3.8) is 0 Å². The van der Waals surface area contributed by atoms with Crippen molar-refractivity contribution >= 4 is 10.5 Å². The Morgan fingerprint density at radius 1 is 1.56 bits per heavy atom. The van der Waals surface area contributed by atoms with Crippen LogP contribution < -0.4 is 0 Å². The van der Waals surface area contributed by atoms with Crippen molar-refractivity contribution in [2.75, 3.05) is 6.61 Å². The molecular weight excluding hydrogens is 128 g/mol. The standard InChI is InChI=1S/C7H14OSi/c1-4-7(3,5-2)6-8-9/h4-5H,1-2,6H2,3,9H3. The Balaban J connectivity index is 3.91. The molecule has 0 aliphatic carbocycles. The zero-order valence-electron chi connectivity index (χ0n) is 6.18. The molecule has 9 heavy (non-hydrogen) atoms. The second-order valence-electron chi connectivity index (χ2n) is 2.35. The summed E-state index contributed by atoms with van der Waals surface area (Å²) in [7, 11) is 0.783. The van der Waals surface area contributed by atoms with Gasteiger partial charge in [0.2, 0.25) is 0 Å². The molecule has 2 heteroatoms. The van der Waals surface area contributed by atoms with E-state index < -0.39 is 0 Å². The third kappa shape index (κ3) is 2.63. The average molecular weight is 142 g/mol. The van der Waals surface area contributed by atoms with Crippen LogP contribution in [-0.4, -0.2) is 17.1 Å². The summed E-state index contributed by atoms with van der Waals surface area (Å²) in [6, 6.07) is 0. The number of rotatable bonds is 4. The lowest BCUT2D eigenvalue weighted by atomic mass is 9.93. The van der Waals surface area contributed by atoms with Crippen LogP contribution in [0.15, 0.2) is 25.3 Å². The van der Waals surface area contributed by atoms with Gasteiger partial charge in [-0.25, -0.2) is 0 Å². The molecule has 52 valence electrons. The zero-order chi connectivity index (χ0) is 7.33. The quantitative estimate of drug-likeness (QED) is 0.414. The van der Waals surface area contributed by atoms with Crippen LogP contribution in [0.4, 0.5) is 0 Å². The van der Waals surface area contributed by atoms with Crippen molar-refractivity contribution in [1.82, 2.24) is 0 Å². The van der Waals surface area contributed by atoms with Crippen molar-refractivity contribution < 1.29 is 4.43 Å². The topological polar surface area (TPSA) is 9.23 Å². The molecule has 0 atom stereocenters. The van der Waals surface area contributed by atoms with Gasteiger partial charge in [-0.15, -0.1) is 13.2 Å². The molecule has 0 aliphatic rings. The predicted octanol–water partition coefficient (Wildman–Crippen LogP) is 0.662. The van der Waals surface area contributed by atoms with Crippen LogP contribution >= 0.6 is 0 Å². The molecule has 0 aromatic rings. The first-order valence-electron chi connectivity index (χ1n) is 2.94. The maximum atomic E-state index is 5.09. The largest absolute Gasteiger partial charge is 0.427 e. The van der Waals surface area contributed by atoms with E-state index in [-0.39, 0.29) is 5.41 Å². The summed E-state index contributed by atoms with van der Waals surface area (Å²) in [6.07, 6.45) is 3.72. The van der Waals surface area contributed by atoms with Gasteiger partial charge in [0.15, 0.2) is 0 Å². The molecule has 0 fully saturated rings. The molecule has 0 heterocycles. The van der Waals surface area contributed by atoms with Gasteiger partial charge in [-0.05, 0) is 0 Å². The number of hydrogen-bond donors (Lipinski definition) is 0. The summed E-state index contributed by atoms with van der Waals surface area (Å²) >= 11 is 0. The first-order valence-corrected chi connectivity index (χ1v) is 3.76. The van der Waals surface area contributed by atoms with Gasteiger partial charge < -0.3 is 4.43 Å². The smallest absolute Gasteiger partial charge is 0.146 e.